The first kappa shape index (κ1) is 24.7. The van der Waals surface area contributed by atoms with Crippen molar-refractivity contribution in [1.82, 2.24) is 5.01 Å². The molecule has 4 rings (SSSR count). The van der Waals surface area contributed by atoms with Crippen LogP contribution in [-0.4, -0.2) is 42.0 Å². The highest BCUT2D eigenvalue weighted by Gasteiger charge is 2.33. The van der Waals surface area contributed by atoms with Crippen molar-refractivity contribution in [2.45, 2.75) is 26.3 Å². The summed E-state index contributed by atoms with van der Waals surface area (Å²) in [6.45, 7) is 2.48. The van der Waals surface area contributed by atoms with E-state index in [-0.39, 0.29) is 36.0 Å². The van der Waals surface area contributed by atoms with Gasteiger partial charge in [-0.05, 0) is 48.4 Å². The average molecular weight is 486 g/mol. The average Bonchev–Trinajstić information content (AvgIpc) is 3.34. The molecule has 1 unspecified atom stereocenters. The lowest BCUT2D eigenvalue weighted by Crippen LogP contribution is -2.31. The molecular weight excluding hydrogens is 458 g/mol. The number of hydrogen-bond donors (Lipinski definition) is 1. The molecule has 8 nitrogen and oxygen atoms in total. The van der Waals surface area contributed by atoms with Gasteiger partial charge in [0.1, 0.15) is 11.5 Å². The topological polar surface area (TPSA) is 97.3 Å². The molecule has 0 spiro atoms. The molecule has 0 bridgehead atoms. The van der Waals surface area contributed by atoms with E-state index in [2.05, 4.69) is 10.4 Å². The Labute approximate surface area is 209 Å². The van der Waals surface area contributed by atoms with Crippen molar-refractivity contribution < 1.29 is 23.9 Å². The van der Waals surface area contributed by atoms with Gasteiger partial charge in [-0.2, -0.15) is 5.10 Å². The van der Waals surface area contributed by atoms with Crippen LogP contribution < -0.4 is 14.8 Å². The Bertz CT molecular complexity index is 1300. The van der Waals surface area contributed by atoms with Gasteiger partial charge in [0.25, 0.3) is 5.91 Å². The number of anilines is 1. The number of amides is 2. The minimum Gasteiger partial charge on any atom is -0.497 e. The van der Waals surface area contributed by atoms with Crippen molar-refractivity contribution in [2.24, 2.45) is 5.10 Å². The zero-order valence-corrected chi connectivity index (χ0v) is 20.4. The number of carbonyl (C=O) groups excluding carboxylic acids is 3. The summed E-state index contributed by atoms with van der Waals surface area (Å²) in [7, 11) is 1.60. The van der Waals surface area contributed by atoms with Crippen LogP contribution in [0.25, 0.3) is 0 Å². The Kier molecular flexibility index (Phi) is 7.44. The van der Waals surface area contributed by atoms with E-state index in [1.54, 1.807) is 19.2 Å². The summed E-state index contributed by atoms with van der Waals surface area (Å²) in [4.78, 5) is 36.8. The van der Waals surface area contributed by atoms with Crippen molar-refractivity contribution in [1.29, 1.82) is 0 Å². The summed E-state index contributed by atoms with van der Waals surface area (Å²) in [5, 5.41) is 8.76. The number of nitrogens with one attached hydrogen (secondary N) is 1. The van der Waals surface area contributed by atoms with Crippen LogP contribution in [0.4, 0.5) is 5.69 Å². The van der Waals surface area contributed by atoms with E-state index in [4.69, 9.17) is 9.47 Å². The van der Waals surface area contributed by atoms with Crippen molar-refractivity contribution in [3.63, 3.8) is 0 Å². The first-order valence-corrected chi connectivity index (χ1v) is 11.5. The van der Waals surface area contributed by atoms with Crippen LogP contribution in [0.15, 0.2) is 77.9 Å². The van der Waals surface area contributed by atoms with Gasteiger partial charge in [0.15, 0.2) is 12.4 Å². The maximum absolute atomic E-state index is 13.4. The minimum absolute atomic E-state index is 0.156. The summed E-state index contributed by atoms with van der Waals surface area (Å²) >= 11 is 0. The van der Waals surface area contributed by atoms with Gasteiger partial charge >= 0.3 is 0 Å². The van der Waals surface area contributed by atoms with Crippen molar-refractivity contribution in [3.05, 3.63) is 89.5 Å². The number of ketones is 1. The zero-order valence-electron chi connectivity index (χ0n) is 20.4. The van der Waals surface area contributed by atoms with E-state index < -0.39 is 0 Å². The SMILES string of the molecule is COc1ccc(C2CC(c3ccccc3)=NN2C(=O)COc2cc(C(C)=O)ccc2NC(C)=O)cc1. The van der Waals surface area contributed by atoms with E-state index in [1.165, 1.54) is 24.9 Å². The van der Waals surface area contributed by atoms with Crippen LogP contribution in [0, 0.1) is 0 Å². The maximum atomic E-state index is 13.4. The quantitative estimate of drug-likeness (QED) is 0.470. The van der Waals surface area contributed by atoms with Crippen LogP contribution in [-0.2, 0) is 9.59 Å². The molecule has 8 heteroatoms. The van der Waals surface area contributed by atoms with Crippen molar-refractivity contribution in [2.75, 3.05) is 19.0 Å². The van der Waals surface area contributed by atoms with Crippen LogP contribution in [0.3, 0.4) is 0 Å². The Morgan fingerprint density at radius 2 is 1.72 bits per heavy atom. The van der Waals surface area contributed by atoms with E-state index in [0.29, 0.717) is 17.7 Å². The van der Waals surface area contributed by atoms with Gasteiger partial charge in [0.05, 0.1) is 24.6 Å². The van der Waals surface area contributed by atoms with Crippen LogP contribution in [0.5, 0.6) is 11.5 Å². The number of benzene rings is 3. The summed E-state index contributed by atoms with van der Waals surface area (Å²) in [6, 6.07) is 21.6. The lowest BCUT2D eigenvalue weighted by Gasteiger charge is -2.22. The summed E-state index contributed by atoms with van der Waals surface area (Å²) in [6.07, 6.45) is 0.541. The van der Waals surface area contributed by atoms with Crippen molar-refractivity contribution in [3.8, 4) is 11.5 Å². The highest BCUT2D eigenvalue weighted by atomic mass is 16.5. The smallest absolute Gasteiger partial charge is 0.281 e. The second-order valence-electron chi connectivity index (χ2n) is 8.38. The Hall–Kier alpha value is -4.46. The standard InChI is InChI=1S/C28H27N3O5/c1-18(32)22-11-14-24(29-19(2)33)27(15-22)36-17-28(34)31-26(21-9-12-23(35-3)13-10-21)16-25(30-31)20-7-5-4-6-8-20/h4-15,26H,16-17H2,1-3H3,(H,29,33). The molecule has 1 N–H and O–H groups in total. The number of hydrazone groups is 1. The molecule has 0 aliphatic carbocycles. The molecule has 1 aliphatic rings. The lowest BCUT2D eigenvalue weighted by molar-refractivity contribution is -0.135. The van der Waals surface area contributed by atoms with E-state index in [0.717, 1.165) is 22.6 Å². The lowest BCUT2D eigenvalue weighted by atomic mass is 9.98. The van der Waals surface area contributed by atoms with Gasteiger partial charge in [-0.1, -0.05) is 42.5 Å². The fourth-order valence-electron chi connectivity index (χ4n) is 3.99. The number of nitrogens with zero attached hydrogens (tertiary/aromatic N) is 2. The summed E-state index contributed by atoms with van der Waals surface area (Å²) in [5.74, 6) is 0.148. The molecule has 3 aromatic rings. The summed E-state index contributed by atoms with van der Waals surface area (Å²) < 4.78 is 11.1. The number of ether oxygens (including phenoxy) is 2. The number of rotatable bonds is 8. The molecule has 1 aliphatic heterocycles. The Morgan fingerprint density at radius 1 is 1.00 bits per heavy atom. The second-order valence-corrected chi connectivity index (χ2v) is 8.38. The zero-order chi connectivity index (χ0) is 25.7. The van der Waals surface area contributed by atoms with Crippen LogP contribution in [0.1, 0.15) is 47.8 Å². The first-order chi connectivity index (χ1) is 17.4. The van der Waals surface area contributed by atoms with Gasteiger partial charge in [-0.25, -0.2) is 5.01 Å². The Morgan fingerprint density at radius 3 is 2.36 bits per heavy atom. The molecule has 0 aromatic heterocycles. The molecule has 3 aromatic carbocycles. The normalized spacial score (nSPS) is 14.7. The van der Waals surface area contributed by atoms with Gasteiger partial charge in [0.2, 0.25) is 5.91 Å². The number of carbonyl (C=O) groups is 3. The third-order valence-electron chi connectivity index (χ3n) is 5.82. The molecule has 0 saturated heterocycles. The third-order valence-corrected chi connectivity index (χ3v) is 5.82. The third kappa shape index (κ3) is 5.60. The number of Topliss-reactive ketones (excluding diaryl/α,β-unsaturated/α-hetero) is 1. The van der Waals surface area contributed by atoms with Crippen molar-refractivity contribution >= 4 is 29.0 Å². The van der Waals surface area contributed by atoms with Crippen LogP contribution >= 0.6 is 0 Å². The fraction of sp³-hybridized carbons (Fsp3) is 0.214. The van der Waals surface area contributed by atoms with E-state index >= 15 is 0 Å². The highest BCUT2D eigenvalue weighted by Crippen LogP contribution is 2.34. The van der Waals surface area contributed by atoms with Gasteiger partial charge < -0.3 is 14.8 Å². The predicted octanol–water partition coefficient (Wildman–Crippen LogP) is 4.61. The maximum Gasteiger partial charge on any atom is 0.281 e. The molecule has 1 atom stereocenters. The van der Waals surface area contributed by atoms with E-state index in [9.17, 15) is 14.4 Å². The van der Waals surface area contributed by atoms with Gasteiger partial charge in [0, 0.05) is 18.9 Å². The largest absolute Gasteiger partial charge is 0.497 e. The molecule has 184 valence electrons. The highest BCUT2D eigenvalue weighted by molar-refractivity contribution is 6.03. The molecular formula is C28H27N3O5. The first-order valence-electron chi connectivity index (χ1n) is 11.5. The second kappa shape index (κ2) is 10.9. The molecule has 2 amide bonds. The monoisotopic (exact) mass is 485 g/mol. The van der Waals surface area contributed by atoms with Gasteiger partial charge in [-0.15, -0.1) is 0 Å². The number of methoxy groups -OCH3 is 1. The van der Waals surface area contributed by atoms with Gasteiger partial charge in [-0.3, -0.25) is 14.4 Å². The Balaban J connectivity index is 1.60. The molecule has 0 saturated carbocycles. The summed E-state index contributed by atoms with van der Waals surface area (Å²) in [5.41, 5.74) is 3.43. The minimum atomic E-state index is -0.358. The molecule has 36 heavy (non-hydrogen) atoms. The fourth-order valence-corrected chi connectivity index (χ4v) is 3.99. The van der Waals surface area contributed by atoms with Crippen LogP contribution in [0.2, 0.25) is 0 Å². The predicted molar refractivity (Wildman–Crippen MR) is 136 cm³/mol. The number of hydrogen-bond acceptors (Lipinski definition) is 6. The molecule has 0 fully saturated rings. The van der Waals surface area contributed by atoms with E-state index in [1.807, 2.05) is 54.6 Å². The molecule has 1 heterocycles. The molecule has 0 radical (unpaired) electrons.